The summed E-state index contributed by atoms with van der Waals surface area (Å²) in [5.41, 5.74) is 4.18. The van der Waals surface area contributed by atoms with E-state index in [4.69, 9.17) is 0 Å². The maximum absolute atomic E-state index is 13.3. The van der Waals surface area contributed by atoms with Crippen LogP contribution in [0.3, 0.4) is 0 Å². The van der Waals surface area contributed by atoms with Crippen molar-refractivity contribution in [2.75, 3.05) is 6.54 Å². The van der Waals surface area contributed by atoms with E-state index >= 15 is 0 Å². The summed E-state index contributed by atoms with van der Waals surface area (Å²) in [6.45, 7) is 4.03. The van der Waals surface area contributed by atoms with Crippen molar-refractivity contribution in [3.05, 3.63) is 107 Å². The summed E-state index contributed by atoms with van der Waals surface area (Å²) in [4.78, 5) is 32.6. The molecule has 0 saturated carbocycles. The number of amides is 1. The Morgan fingerprint density at radius 1 is 0.971 bits per heavy atom. The number of benzene rings is 2. The number of Topliss-reactive ketones (excluding diaryl/α,β-unsaturated/α-hetero) is 1. The van der Waals surface area contributed by atoms with Gasteiger partial charge < -0.3 is 19.5 Å². The van der Waals surface area contributed by atoms with Crippen molar-refractivity contribution >= 4 is 23.1 Å². The van der Waals surface area contributed by atoms with Crippen molar-refractivity contribution in [1.82, 2.24) is 14.3 Å². The smallest absolute Gasteiger partial charge is 0.295 e. The number of aryl methyl sites for hydroxylation is 2. The molecule has 35 heavy (non-hydrogen) atoms. The third-order valence-corrected chi connectivity index (χ3v) is 6.54. The van der Waals surface area contributed by atoms with E-state index < -0.39 is 17.7 Å². The number of pyridine rings is 1. The third-order valence-electron chi connectivity index (χ3n) is 6.54. The Labute approximate surface area is 202 Å². The number of ketones is 1. The first-order chi connectivity index (χ1) is 16.9. The number of imidazole rings is 1. The zero-order valence-electron chi connectivity index (χ0n) is 19.5. The van der Waals surface area contributed by atoms with Crippen LogP contribution in [0.5, 0.6) is 5.75 Å². The quantitative estimate of drug-likeness (QED) is 0.259. The Balaban J connectivity index is 1.64. The average Bonchev–Trinajstić information content (AvgIpc) is 3.33. The van der Waals surface area contributed by atoms with Gasteiger partial charge in [-0.1, -0.05) is 48.5 Å². The van der Waals surface area contributed by atoms with Gasteiger partial charge in [0.1, 0.15) is 17.1 Å². The predicted octanol–water partition coefficient (Wildman–Crippen LogP) is 4.32. The second-order valence-electron chi connectivity index (χ2n) is 8.75. The molecule has 0 bridgehead atoms. The molecule has 1 fully saturated rings. The highest BCUT2D eigenvalue weighted by Gasteiger charge is 2.46. The van der Waals surface area contributed by atoms with Crippen LogP contribution in [0.4, 0.5) is 0 Å². The molecule has 176 valence electrons. The molecule has 0 spiro atoms. The van der Waals surface area contributed by atoms with E-state index in [0.29, 0.717) is 29.9 Å². The topological polar surface area (TPSA) is 95.1 Å². The number of phenols is 1. The number of aliphatic hydroxyl groups is 1. The van der Waals surface area contributed by atoms with Crippen molar-refractivity contribution in [2.45, 2.75) is 26.3 Å². The lowest BCUT2D eigenvalue weighted by Crippen LogP contribution is -2.31. The number of hydrogen-bond acceptors (Lipinski definition) is 5. The molecule has 0 radical (unpaired) electrons. The first-order valence-corrected chi connectivity index (χ1v) is 11.4. The molecule has 1 aliphatic rings. The van der Waals surface area contributed by atoms with Crippen molar-refractivity contribution < 1.29 is 19.8 Å². The Hall–Kier alpha value is -4.39. The fourth-order valence-electron chi connectivity index (χ4n) is 4.68. The van der Waals surface area contributed by atoms with Crippen LogP contribution in [0.2, 0.25) is 0 Å². The van der Waals surface area contributed by atoms with E-state index in [0.717, 1.165) is 11.1 Å². The highest BCUT2D eigenvalue weighted by Crippen LogP contribution is 2.40. The third kappa shape index (κ3) is 3.85. The van der Waals surface area contributed by atoms with E-state index in [1.165, 1.54) is 17.0 Å². The number of fused-ring (bicyclic) bond motifs is 1. The van der Waals surface area contributed by atoms with Gasteiger partial charge in [-0.3, -0.25) is 9.59 Å². The molecule has 1 unspecified atom stereocenters. The molecule has 1 amide bonds. The summed E-state index contributed by atoms with van der Waals surface area (Å²) in [6, 6.07) is 19.1. The SMILES string of the molecule is Cc1cccn2c(C)c(/C(O)=C3\C(=O)C(=O)N(CCc4ccccc4)C3c3ccc(O)cc3)nc12. The van der Waals surface area contributed by atoms with Gasteiger partial charge in [-0.25, -0.2) is 4.98 Å². The van der Waals surface area contributed by atoms with Crippen LogP contribution in [-0.4, -0.2) is 42.7 Å². The van der Waals surface area contributed by atoms with Crippen molar-refractivity contribution in [3.8, 4) is 5.75 Å². The molecule has 2 aromatic carbocycles. The molecular weight excluding hydrogens is 442 g/mol. The number of carbonyl (C=O) groups excluding carboxylic acids is 2. The second-order valence-corrected chi connectivity index (χ2v) is 8.75. The molecular formula is C28H25N3O4. The van der Waals surface area contributed by atoms with Crippen molar-refractivity contribution in [1.29, 1.82) is 0 Å². The summed E-state index contributed by atoms with van der Waals surface area (Å²) in [5.74, 6) is -1.65. The lowest BCUT2D eigenvalue weighted by molar-refractivity contribution is -0.139. The highest BCUT2D eigenvalue weighted by atomic mass is 16.3. The standard InChI is InChI=1S/C28H25N3O4/c1-17-7-6-15-30-18(2)23(29-27(17)30)25(33)22-24(20-10-12-21(32)13-11-20)31(28(35)26(22)34)16-14-19-8-4-3-5-9-19/h3-13,15,24,32-33H,14,16H2,1-2H3/b25-22+. The minimum Gasteiger partial charge on any atom is -0.508 e. The number of nitrogens with zero attached hydrogens (tertiary/aromatic N) is 3. The van der Waals surface area contributed by atoms with Crippen molar-refractivity contribution in [3.63, 3.8) is 0 Å². The largest absolute Gasteiger partial charge is 0.508 e. The van der Waals surface area contributed by atoms with Gasteiger partial charge in [-0.15, -0.1) is 0 Å². The number of aromatic nitrogens is 2. The molecule has 7 heteroatoms. The van der Waals surface area contributed by atoms with Crippen molar-refractivity contribution in [2.24, 2.45) is 0 Å². The van der Waals surface area contributed by atoms with Gasteiger partial charge in [0.25, 0.3) is 11.7 Å². The van der Waals surface area contributed by atoms with Crippen LogP contribution >= 0.6 is 0 Å². The van der Waals surface area contributed by atoms with Gasteiger partial charge in [-0.05, 0) is 55.2 Å². The number of aliphatic hydroxyl groups excluding tert-OH is 1. The predicted molar refractivity (Wildman–Crippen MR) is 132 cm³/mol. The lowest BCUT2D eigenvalue weighted by atomic mass is 9.96. The van der Waals surface area contributed by atoms with Crippen LogP contribution in [0, 0.1) is 13.8 Å². The van der Waals surface area contributed by atoms with Gasteiger partial charge in [0.15, 0.2) is 5.76 Å². The summed E-state index contributed by atoms with van der Waals surface area (Å²) in [6.07, 6.45) is 2.40. The lowest BCUT2D eigenvalue weighted by Gasteiger charge is -2.25. The van der Waals surface area contributed by atoms with Gasteiger partial charge in [-0.2, -0.15) is 0 Å². The van der Waals surface area contributed by atoms with Gasteiger partial charge in [0.05, 0.1) is 17.3 Å². The Kier molecular flexibility index (Phi) is 5.61. The van der Waals surface area contributed by atoms with E-state index in [9.17, 15) is 19.8 Å². The summed E-state index contributed by atoms with van der Waals surface area (Å²) in [5, 5.41) is 21.2. The minimum absolute atomic E-state index is 0.00193. The molecule has 0 aliphatic carbocycles. The molecule has 3 heterocycles. The Bertz CT molecular complexity index is 1470. The van der Waals surface area contributed by atoms with E-state index in [-0.39, 0.29) is 22.8 Å². The molecule has 5 rings (SSSR count). The molecule has 2 aromatic heterocycles. The number of hydrogen-bond donors (Lipinski definition) is 2. The molecule has 4 aromatic rings. The van der Waals surface area contributed by atoms with Crippen LogP contribution in [0.25, 0.3) is 11.4 Å². The maximum atomic E-state index is 13.3. The van der Waals surface area contributed by atoms with Crippen LogP contribution in [0.1, 0.15) is 34.1 Å². The fraction of sp³-hybridized carbons (Fsp3) is 0.179. The molecule has 7 nitrogen and oxygen atoms in total. The average molecular weight is 468 g/mol. The second kappa shape index (κ2) is 8.76. The number of aromatic hydroxyl groups is 1. The summed E-state index contributed by atoms with van der Waals surface area (Å²) >= 11 is 0. The zero-order valence-corrected chi connectivity index (χ0v) is 19.5. The summed E-state index contributed by atoms with van der Waals surface area (Å²) in [7, 11) is 0. The number of carbonyl (C=O) groups is 2. The fourth-order valence-corrected chi connectivity index (χ4v) is 4.68. The Morgan fingerprint density at radius 2 is 1.69 bits per heavy atom. The van der Waals surface area contributed by atoms with E-state index in [1.54, 1.807) is 12.1 Å². The van der Waals surface area contributed by atoms with Gasteiger partial charge in [0, 0.05) is 12.7 Å². The van der Waals surface area contributed by atoms with Crippen LogP contribution in [0.15, 0.2) is 78.5 Å². The summed E-state index contributed by atoms with van der Waals surface area (Å²) < 4.78 is 1.85. The molecule has 1 atom stereocenters. The van der Waals surface area contributed by atoms with Gasteiger partial charge in [0.2, 0.25) is 0 Å². The van der Waals surface area contributed by atoms with Crippen LogP contribution in [-0.2, 0) is 16.0 Å². The van der Waals surface area contributed by atoms with Crippen LogP contribution < -0.4 is 0 Å². The monoisotopic (exact) mass is 467 g/mol. The normalized spacial score (nSPS) is 17.4. The minimum atomic E-state index is -0.801. The molecule has 1 aliphatic heterocycles. The number of phenolic OH excluding ortho intramolecular Hbond substituents is 1. The molecule has 2 N–H and O–H groups in total. The van der Waals surface area contributed by atoms with E-state index in [2.05, 4.69) is 4.98 Å². The Morgan fingerprint density at radius 3 is 2.37 bits per heavy atom. The first-order valence-electron chi connectivity index (χ1n) is 11.4. The maximum Gasteiger partial charge on any atom is 0.295 e. The number of rotatable bonds is 5. The first kappa shape index (κ1) is 22.4. The van der Waals surface area contributed by atoms with E-state index in [1.807, 2.05) is 66.9 Å². The zero-order chi connectivity index (χ0) is 24.7. The number of likely N-dealkylation sites (tertiary alicyclic amines) is 1. The highest BCUT2D eigenvalue weighted by molar-refractivity contribution is 6.46. The van der Waals surface area contributed by atoms with Gasteiger partial charge >= 0.3 is 0 Å². The molecule has 1 saturated heterocycles.